The molecule has 1 rings (SSSR count). The van der Waals surface area contributed by atoms with Crippen LogP contribution in [0.3, 0.4) is 0 Å². The number of hydrogen-bond donors (Lipinski definition) is 1. The minimum atomic E-state index is 0.648. The van der Waals surface area contributed by atoms with E-state index < -0.39 is 0 Å². The number of nitrogens with one attached hydrogen (secondary N) is 1. The summed E-state index contributed by atoms with van der Waals surface area (Å²) in [6, 6.07) is 2.10. The summed E-state index contributed by atoms with van der Waals surface area (Å²) in [4.78, 5) is 1.39. The van der Waals surface area contributed by atoms with Gasteiger partial charge in [-0.05, 0) is 43.5 Å². The van der Waals surface area contributed by atoms with E-state index in [1.165, 1.54) is 11.3 Å². The first kappa shape index (κ1) is 8.68. The molecule has 3 heteroatoms. The number of hydrogen-bond acceptors (Lipinski definition) is 3. The molecule has 0 saturated heterocycles. The third kappa shape index (κ3) is 2.60. The SMILES string of the molecule is CNCCC(C)c1ccns1. The van der Waals surface area contributed by atoms with Gasteiger partial charge in [-0.1, -0.05) is 6.92 Å². The van der Waals surface area contributed by atoms with Gasteiger partial charge in [0.05, 0.1) is 0 Å². The molecule has 0 aliphatic heterocycles. The normalized spacial score (nSPS) is 13.3. The molecule has 0 saturated carbocycles. The van der Waals surface area contributed by atoms with Crippen LogP contribution in [0.15, 0.2) is 12.3 Å². The Bertz CT molecular complexity index is 184. The van der Waals surface area contributed by atoms with Crippen LogP contribution < -0.4 is 5.32 Å². The minimum Gasteiger partial charge on any atom is -0.320 e. The first-order valence-electron chi connectivity index (χ1n) is 3.89. The Hall–Kier alpha value is -0.410. The van der Waals surface area contributed by atoms with Crippen LogP contribution in [0.5, 0.6) is 0 Å². The highest BCUT2D eigenvalue weighted by Crippen LogP contribution is 2.20. The molecule has 0 spiro atoms. The highest BCUT2D eigenvalue weighted by Gasteiger charge is 2.05. The Kier molecular flexibility index (Phi) is 3.52. The molecule has 1 atom stereocenters. The van der Waals surface area contributed by atoms with Crippen LogP contribution in [0.1, 0.15) is 24.1 Å². The predicted octanol–water partition coefficient (Wildman–Crippen LogP) is 1.86. The van der Waals surface area contributed by atoms with Crippen LogP contribution in [0.4, 0.5) is 0 Å². The first-order valence-corrected chi connectivity index (χ1v) is 4.67. The van der Waals surface area contributed by atoms with E-state index in [-0.39, 0.29) is 0 Å². The summed E-state index contributed by atoms with van der Waals surface area (Å²) in [6.45, 7) is 3.32. The van der Waals surface area contributed by atoms with E-state index in [4.69, 9.17) is 0 Å². The van der Waals surface area contributed by atoms with Gasteiger partial charge in [0.15, 0.2) is 0 Å². The van der Waals surface area contributed by atoms with Crippen LogP contribution in [0, 0.1) is 0 Å². The monoisotopic (exact) mass is 170 g/mol. The molecule has 62 valence electrons. The third-order valence-electron chi connectivity index (χ3n) is 1.77. The third-order valence-corrected chi connectivity index (χ3v) is 2.75. The molecule has 1 unspecified atom stereocenters. The molecule has 0 amide bonds. The van der Waals surface area contributed by atoms with Crippen LogP contribution in [0.25, 0.3) is 0 Å². The van der Waals surface area contributed by atoms with Crippen LogP contribution in [-0.2, 0) is 0 Å². The molecular formula is C8H14N2S. The van der Waals surface area contributed by atoms with Crippen molar-refractivity contribution in [2.45, 2.75) is 19.3 Å². The minimum absolute atomic E-state index is 0.648. The Morgan fingerprint density at radius 1 is 1.73 bits per heavy atom. The summed E-state index contributed by atoms with van der Waals surface area (Å²) in [7, 11) is 1.99. The van der Waals surface area contributed by atoms with Gasteiger partial charge in [-0.3, -0.25) is 0 Å². The molecule has 1 heterocycles. The number of nitrogens with zero attached hydrogens (tertiary/aromatic N) is 1. The molecule has 0 fully saturated rings. The van der Waals surface area contributed by atoms with Gasteiger partial charge in [-0.25, -0.2) is 4.37 Å². The predicted molar refractivity (Wildman–Crippen MR) is 49.1 cm³/mol. The van der Waals surface area contributed by atoms with Crippen molar-refractivity contribution >= 4 is 11.5 Å². The van der Waals surface area contributed by atoms with Crippen LogP contribution in [0.2, 0.25) is 0 Å². The summed E-state index contributed by atoms with van der Waals surface area (Å²) >= 11 is 1.60. The van der Waals surface area contributed by atoms with Crippen molar-refractivity contribution < 1.29 is 0 Å². The maximum absolute atomic E-state index is 4.07. The molecule has 2 nitrogen and oxygen atoms in total. The lowest BCUT2D eigenvalue weighted by molar-refractivity contribution is 0.644. The summed E-state index contributed by atoms with van der Waals surface area (Å²) < 4.78 is 4.07. The summed E-state index contributed by atoms with van der Waals surface area (Å²) in [5.74, 6) is 0.648. The average molecular weight is 170 g/mol. The Morgan fingerprint density at radius 3 is 3.09 bits per heavy atom. The molecule has 0 radical (unpaired) electrons. The van der Waals surface area contributed by atoms with E-state index >= 15 is 0 Å². The quantitative estimate of drug-likeness (QED) is 0.746. The molecule has 0 bridgehead atoms. The Morgan fingerprint density at radius 2 is 2.55 bits per heavy atom. The molecule has 1 N–H and O–H groups in total. The number of rotatable bonds is 4. The fraction of sp³-hybridized carbons (Fsp3) is 0.625. The zero-order valence-corrected chi connectivity index (χ0v) is 7.82. The van der Waals surface area contributed by atoms with Crippen molar-refractivity contribution in [3.05, 3.63) is 17.1 Å². The summed E-state index contributed by atoms with van der Waals surface area (Å²) in [6.07, 6.45) is 3.06. The Balaban J connectivity index is 2.36. The second kappa shape index (κ2) is 4.46. The van der Waals surface area contributed by atoms with Crippen LogP contribution >= 0.6 is 11.5 Å². The topological polar surface area (TPSA) is 24.9 Å². The van der Waals surface area contributed by atoms with Gasteiger partial charge in [-0.15, -0.1) is 0 Å². The maximum atomic E-state index is 4.07. The van der Waals surface area contributed by atoms with Crippen molar-refractivity contribution in [3.63, 3.8) is 0 Å². The van der Waals surface area contributed by atoms with Crippen molar-refractivity contribution in [1.82, 2.24) is 9.69 Å². The van der Waals surface area contributed by atoms with Crippen molar-refractivity contribution in [3.8, 4) is 0 Å². The summed E-state index contributed by atoms with van der Waals surface area (Å²) in [5.41, 5.74) is 0. The van der Waals surface area contributed by atoms with E-state index in [0.29, 0.717) is 5.92 Å². The van der Waals surface area contributed by atoms with Gasteiger partial charge in [0, 0.05) is 11.1 Å². The van der Waals surface area contributed by atoms with Crippen molar-refractivity contribution in [1.29, 1.82) is 0 Å². The van der Waals surface area contributed by atoms with Crippen molar-refractivity contribution in [2.24, 2.45) is 0 Å². The van der Waals surface area contributed by atoms with Gasteiger partial charge < -0.3 is 5.32 Å². The molecular weight excluding hydrogens is 156 g/mol. The van der Waals surface area contributed by atoms with Gasteiger partial charge in [-0.2, -0.15) is 0 Å². The van der Waals surface area contributed by atoms with E-state index in [9.17, 15) is 0 Å². The second-order valence-electron chi connectivity index (χ2n) is 2.71. The van der Waals surface area contributed by atoms with Crippen LogP contribution in [-0.4, -0.2) is 18.0 Å². The lowest BCUT2D eigenvalue weighted by atomic mass is 10.1. The fourth-order valence-electron chi connectivity index (χ4n) is 0.983. The standard InChI is InChI=1S/C8H14N2S/c1-7(3-5-9-2)8-4-6-10-11-8/h4,6-7,9H,3,5H2,1-2H3. The zero-order valence-electron chi connectivity index (χ0n) is 7.00. The lowest BCUT2D eigenvalue weighted by Crippen LogP contribution is -2.10. The van der Waals surface area contributed by atoms with Crippen molar-refractivity contribution in [2.75, 3.05) is 13.6 Å². The second-order valence-corrected chi connectivity index (χ2v) is 3.57. The van der Waals surface area contributed by atoms with Gasteiger partial charge in [0.2, 0.25) is 0 Å². The fourth-order valence-corrected chi connectivity index (χ4v) is 1.65. The smallest absolute Gasteiger partial charge is 0.0409 e. The van der Waals surface area contributed by atoms with Gasteiger partial charge in [0.25, 0.3) is 0 Å². The largest absolute Gasteiger partial charge is 0.320 e. The molecule has 1 aromatic rings. The highest BCUT2D eigenvalue weighted by atomic mass is 32.1. The molecule has 0 aliphatic rings. The molecule has 0 aliphatic carbocycles. The number of aromatic nitrogens is 1. The van der Waals surface area contributed by atoms with E-state index in [1.54, 1.807) is 11.5 Å². The van der Waals surface area contributed by atoms with Gasteiger partial charge in [0.1, 0.15) is 0 Å². The van der Waals surface area contributed by atoms with E-state index in [1.807, 2.05) is 13.2 Å². The molecule has 11 heavy (non-hydrogen) atoms. The molecule has 0 aromatic carbocycles. The zero-order chi connectivity index (χ0) is 8.10. The Labute approximate surface area is 71.8 Å². The maximum Gasteiger partial charge on any atom is 0.0409 e. The highest BCUT2D eigenvalue weighted by molar-refractivity contribution is 7.05. The summed E-state index contributed by atoms with van der Waals surface area (Å²) in [5, 5.41) is 3.14. The van der Waals surface area contributed by atoms with E-state index in [0.717, 1.165) is 6.54 Å². The molecule has 1 aromatic heterocycles. The van der Waals surface area contributed by atoms with E-state index in [2.05, 4.69) is 22.7 Å². The average Bonchev–Trinajstić information content (AvgIpc) is 2.52. The lowest BCUT2D eigenvalue weighted by Gasteiger charge is -2.06. The first-order chi connectivity index (χ1) is 5.34. The van der Waals surface area contributed by atoms with Gasteiger partial charge >= 0.3 is 0 Å².